The summed E-state index contributed by atoms with van der Waals surface area (Å²) in [5.74, 6) is -0.249. The fraction of sp³-hybridized carbons (Fsp3) is 0.176. The zero-order valence-corrected chi connectivity index (χ0v) is 13.0. The maximum absolute atomic E-state index is 13.5. The number of rotatable bonds is 7. The first-order valence-corrected chi connectivity index (χ1v) is 7.25. The van der Waals surface area contributed by atoms with Gasteiger partial charge >= 0.3 is 0 Å². The summed E-state index contributed by atoms with van der Waals surface area (Å²) in [6.45, 7) is 1.90. The van der Waals surface area contributed by atoms with Gasteiger partial charge in [-0.05, 0) is 37.3 Å². The third kappa shape index (κ3) is 4.70. The highest BCUT2D eigenvalue weighted by Crippen LogP contribution is 2.28. The van der Waals surface area contributed by atoms with Crippen LogP contribution in [0.1, 0.15) is 12.5 Å². The molecule has 0 aliphatic carbocycles. The van der Waals surface area contributed by atoms with Crippen LogP contribution < -0.4 is 14.8 Å². The first-order valence-electron chi connectivity index (χ1n) is 7.25. The molecule has 7 heteroatoms. The Bertz CT molecular complexity index is 734. The molecule has 126 valence electrons. The van der Waals surface area contributed by atoms with Crippen molar-refractivity contribution in [3.05, 3.63) is 53.8 Å². The maximum atomic E-state index is 13.5. The van der Waals surface area contributed by atoms with Crippen LogP contribution in [0.25, 0.3) is 0 Å². The highest BCUT2D eigenvalue weighted by molar-refractivity contribution is 5.92. The van der Waals surface area contributed by atoms with E-state index in [9.17, 15) is 9.18 Å². The number of carbonyl (C=O) groups is 1. The fourth-order valence-corrected chi connectivity index (χ4v) is 1.95. The summed E-state index contributed by atoms with van der Waals surface area (Å²) in [4.78, 5) is 11.9. The van der Waals surface area contributed by atoms with E-state index in [1.807, 2.05) is 6.92 Å². The lowest BCUT2D eigenvalue weighted by atomic mass is 10.2. The van der Waals surface area contributed by atoms with Gasteiger partial charge < -0.3 is 20.0 Å². The largest absolute Gasteiger partial charge is 0.490 e. The number of carbonyl (C=O) groups excluding carboxylic acids is 1. The molecule has 6 nitrogen and oxygen atoms in total. The molecule has 0 aromatic heterocycles. The van der Waals surface area contributed by atoms with Gasteiger partial charge in [0.1, 0.15) is 5.82 Å². The standard InChI is InChI=1S/C17H17FN2O4/c1-2-23-16-9-12(10-19-22)7-8-15(16)24-11-17(21)20-14-6-4-3-5-13(14)18/h3-10,22H,2,11H2,1H3,(H,20,21)/b19-10+. The van der Waals surface area contributed by atoms with Gasteiger partial charge in [-0.2, -0.15) is 0 Å². The molecule has 0 saturated heterocycles. The van der Waals surface area contributed by atoms with Gasteiger partial charge in [-0.3, -0.25) is 4.79 Å². The summed E-state index contributed by atoms with van der Waals surface area (Å²) in [5.41, 5.74) is 0.703. The lowest BCUT2D eigenvalue weighted by molar-refractivity contribution is -0.118. The minimum absolute atomic E-state index is 0.0886. The van der Waals surface area contributed by atoms with Gasteiger partial charge in [0.25, 0.3) is 5.91 Å². The summed E-state index contributed by atoms with van der Waals surface area (Å²) in [6, 6.07) is 10.7. The molecule has 0 radical (unpaired) electrons. The Labute approximate surface area is 138 Å². The SMILES string of the molecule is CCOc1cc(/C=N/O)ccc1OCC(=O)Nc1ccccc1F. The fourth-order valence-electron chi connectivity index (χ4n) is 1.95. The number of oxime groups is 1. The molecule has 1 amide bonds. The van der Waals surface area contributed by atoms with Gasteiger partial charge in [-0.15, -0.1) is 0 Å². The van der Waals surface area contributed by atoms with Crippen molar-refractivity contribution in [3.63, 3.8) is 0 Å². The van der Waals surface area contributed by atoms with Gasteiger partial charge in [0.05, 0.1) is 18.5 Å². The van der Waals surface area contributed by atoms with Crippen molar-refractivity contribution in [2.24, 2.45) is 5.16 Å². The summed E-state index contributed by atoms with van der Waals surface area (Å²) in [6.07, 6.45) is 1.25. The Balaban J connectivity index is 2.02. The van der Waals surface area contributed by atoms with E-state index in [0.717, 1.165) is 0 Å². The molecule has 2 rings (SSSR count). The number of nitrogens with zero attached hydrogens (tertiary/aromatic N) is 1. The minimum atomic E-state index is -0.520. The van der Waals surface area contributed by atoms with E-state index >= 15 is 0 Å². The van der Waals surface area contributed by atoms with Gasteiger partial charge in [0, 0.05) is 5.56 Å². The van der Waals surface area contributed by atoms with Crippen LogP contribution in [0.4, 0.5) is 10.1 Å². The van der Waals surface area contributed by atoms with Gasteiger partial charge in [0.15, 0.2) is 18.1 Å². The molecule has 2 aromatic carbocycles. The Kier molecular flexibility index (Phi) is 6.13. The molecule has 0 aliphatic heterocycles. The minimum Gasteiger partial charge on any atom is -0.490 e. The lowest BCUT2D eigenvalue weighted by Gasteiger charge is -2.12. The van der Waals surface area contributed by atoms with Crippen molar-refractivity contribution in [1.82, 2.24) is 0 Å². The Hall–Kier alpha value is -3.09. The van der Waals surface area contributed by atoms with Crippen molar-refractivity contribution < 1.29 is 23.9 Å². The molecule has 2 aromatic rings. The number of amides is 1. The predicted octanol–water partition coefficient (Wildman–Crippen LogP) is 3.05. The first-order chi connectivity index (χ1) is 11.6. The molecule has 0 saturated carbocycles. The third-order valence-corrected chi connectivity index (χ3v) is 2.98. The summed E-state index contributed by atoms with van der Waals surface area (Å²) >= 11 is 0. The lowest BCUT2D eigenvalue weighted by Crippen LogP contribution is -2.21. The van der Waals surface area contributed by atoms with Crippen LogP contribution in [0, 0.1) is 5.82 Å². The molecule has 24 heavy (non-hydrogen) atoms. The van der Waals surface area contributed by atoms with E-state index in [0.29, 0.717) is 23.7 Å². The number of halogens is 1. The van der Waals surface area contributed by atoms with Crippen molar-refractivity contribution in [2.45, 2.75) is 6.92 Å². The predicted molar refractivity (Wildman–Crippen MR) is 87.5 cm³/mol. The first kappa shape index (κ1) is 17.3. The average Bonchev–Trinajstić information content (AvgIpc) is 2.57. The van der Waals surface area contributed by atoms with E-state index in [2.05, 4.69) is 10.5 Å². The molecule has 0 fully saturated rings. The molecule has 0 heterocycles. The van der Waals surface area contributed by atoms with Crippen LogP contribution in [0.5, 0.6) is 11.5 Å². The van der Waals surface area contributed by atoms with Crippen LogP contribution >= 0.6 is 0 Å². The second kappa shape index (κ2) is 8.52. The summed E-state index contributed by atoms with van der Waals surface area (Å²) < 4.78 is 24.4. The summed E-state index contributed by atoms with van der Waals surface area (Å²) in [7, 11) is 0. The van der Waals surface area contributed by atoms with E-state index < -0.39 is 11.7 Å². The van der Waals surface area contributed by atoms with Crippen LogP contribution in [0.15, 0.2) is 47.6 Å². The number of hydrogen-bond acceptors (Lipinski definition) is 5. The summed E-state index contributed by atoms with van der Waals surface area (Å²) in [5, 5.41) is 13.9. The van der Waals surface area contributed by atoms with Crippen LogP contribution in [0.3, 0.4) is 0 Å². The Morgan fingerprint density at radius 3 is 2.75 bits per heavy atom. The van der Waals surface area contributed by atoms with Crippen LogP contribution in [-0.4, -0.2) is 30.5 Å². The smallest absolute Gasteiger partial charge is 0.262 e. The number of benzene rings is 2. The van der Waals surface area contributed by atoms with Crippen LogP contribution in [0.2, 0.25) is 0 Å². The maximum Gasteiger partial charge on any atom is 0.262 e. The third-order valence-electron chi connectivity index (χ3n) is 2.98. The van der Waals surface area contributed by atoms with E-state index in [1.54, 1.807) is 24.3 Å². The van der Waals surface area contributed by atoms with E-state index in [-0.39, 0.29) is 12.3 Å². The van der Waals surface area contributed by atoms with E-state index in [1.165, 1.54) is 24.4 Å². The molecular weight excluding hydrogens is 315 g/mol. The number of para-hydroxylation sites is 1. The second-order valence-electron chi connectivity index (χ2n) is 4.70. The number of ether oxygens (including phenoxy) is 2. The highest BCUT2D eigenvalue weighted by atomic mass is 19.1. The number of hydrogen-bond donors (Lipinski definition) is 2. The highest BCUT2D eigenvalue weighted by Gasteiger charge is 2.10. The van der Waals surface area contributed by atoms with Gasteiger partial charge in [-0.25, -0.2) is 4.39 Å². The zero-order valence-electron chi connectivity index (χ0n) is 13.0. The van der Waals surface area contributed by atoms with Crippen molar-refractivity contribution in [2.75, 3.05) is 18.5 Å². The normalized spacial score (nSPS) is 10.6. The molecule has 0 spiro atoms. The molecule has 2 N–H and O–H groups in total. The van der Waals surface area contributed by atoms with Crippen LogP contribution in [-0.2, 0) is 4.79 Å². The quantitative estimate of drug-likeness (QED) is 0.464. The van der Waals surface area contributed by atoms with Gasteiger partial charge in [-0.1, -0.05) is 17.3 Å². The average molecular weight is 332 g/mol. The van der Waals surface area contributed by atoms with Gasteiger partial charge in [0.2, 0.25) is 0 Å². The zero-order chi connectivity index (χ0) is 17.4. The Morgan fingerprint density at radius 2 is 2.04 bits per heavy atom. The van der Waals surface area contributed by atoms with Crippen molar-refractivity contribution in [1.29, 1.82) is 0 Å². The molecule has 0 bridgehead atoms. The molecule has 0 atom stereocenters. The monoisotopic (exact) mass is 332 g/mol. The van der Waals surface area contributed by atoms with Crippen molar-refractivity contribution >= 4 is 17.8 Å². The number of anilines is 1. The topological polar surface area (TPSA) is 80.2 Å². The molecule has 0 aliphatic rings. The molecule has 0 unspecified atom stereocenters. The number of nitrogens with one attached hydrogen (secondary N) is 1. The van der Waals surface area contributed by atoms with Crippen molar-refractivity contribution in [3.8, 4) is 11.5 Å². The Morgan fingerprint density at radius 1 is 1.25 bits per heavy atom. The molecular formula is C17H17FN2O4. The second-order valence-corrected chi connectivity index (χ2v) is 4.70. The van der Waals surface area contributed by atoms with E-state index in [4.69, 9.17) is 14.7 Å².